The van der Waals surface area contributed by atoms with Crippen molar-refractivity contribution in [2.45, 2.75) is 12.8 Å². The lowest BCUT2D eigenvalue weighted by Gasteiger charge is -2.19. The van der Waals surface area contributed by atoms with Crippen molar-refractivity contribution in [1.29, 1.82) is 0 Å². The molecule has 3 aromatic carbocycles. The molecule has 4 rings (SSSR count). The fourth-order valence-corrected chi connectivity index (χ4v) is 3.38. The minimum absolute atomic E-state index is 0.0717. The van der Waals surface area contributed by atoms with Crippen LogP contribution in [0.4, 0.5) is 11.4 Å². The maximum atomic E-state index is 12.8. The van der Waals surface area contributed by atoms with Crippen LogP contribution in [-0.2, 0) is 4.79 Å². The van der Waals surface area contributed by atoms with Crippen LogP contribution in [-0.4, -0.2) is 18.4 Å². The lowest BCUT2D eigenvalue weighted by Crippen LogP contribution is -2.27. The lowest BCUT2D eigenvalue weighted by atomic mass is 10.1. The first-order valence-corrected chi connectivity index (χ1v) is 9.08. The molecule has 1 heterocycles. The second-order valence-corrected chi connectivity index (χ2v) is 6.56. The molecule has 1 aliphatic rings. The van der Waals surface area contributed by atoms with Crippen molar-refractivity contribution in [3.8, 4) is 11.1 Å². The Bertz CT molecular complexity index is 965. The highest BCUT2D eigenvalue weighted by Gasteiger charge is 2.25. The van der Waals surface area contributed by atoms with Gasteiger partial charge in [0.05, 0.1) is 11.3 Å². The van der Waals surface area contributed by atoms with Gasteiger partial charge < -0.3 is 10.2 Å². The molecule has 0 aliphatic carbocycles. The highest BCUT2D eigenvalue weighted by atomic mass is 16.2. The van der Waals surface area contributed by atoms with Crippen molar-refractivity contribution in [2.75, 3.05) is 16.8 Å². The number of benzene rings is 3. The molecule has 3 aromatic rings. The molecule has 0 unspecified atom stereocenters. The van der Waals surface area contributed by atoms with Gasteiger partial charge in [-0.05, 0) is 41.8 Å². The molecule has 4 nitrogen and oxygen atoms in total. The fraction of sp³-hybridized carbons (Fsp3) is 0.130. The molecule has 1 saturated heterocycles. The standard InChI is InChI=1S/C23H20N2O2/c26-22-11-6-16-25(22)21-10-5-4-9-20(21)23(27)24-19-14-12-18(13-15-19)17-7-2-1-3-8-17/h1-5,7-10,12-15H,6,11,16H2,(H,24,27). The Hall–Kier alpha value is -3.40. The summed E-state index contributed by atoms with van der Waals surface area (Å²) >= 11 is 0. The van der Waals surface area contributed by atoms with E-state index in [9.17, 15) is 9.59 Å². The first-order chi connectivity index (χ1) is 13.2. The van der Waals surface area contributed by atoms with Gasteiger partial charge in [0.2, 0.25) is 5.91 Å². The van der Waals surface area contributed by atoms with Crippen LogP contribution >= 0.6 is 0 Å². The van der Waals surface area contributed by atoms with Gasteiger partial charge in [0, 0.05) is 18.7 Å². The second-order valence-electron chi connectivity index (χ2n) is 6.56. The summed E-state index contributed by atoms with van der Waals surface area (Å²) in [7, 11) is 0. The van der Waals surface area contributed by atoms with Gasteiger partial charge in [0.25, 0.3) is 5.91 Å². The molecule has 0 spiro atoms. The van der Waals surface area contributed by atoms with Gasteiger partial charge in [-0.15, -0.1) is 0 Å². The van der Waals surface area contributed by atoms with Crippen LogP contribution in [0.3, 0.4) is 0 Å². The number of anilines is 2. The Morgan fingerprint density at radius 2 is 1.48 bits per heavy atom. The Labute approximate surface area is 158 Å². The summed E-state index contributed by atoms with van der Waals surface area (Å²) < 4.78 is 0. The van der Waals surface area contributed by atoms with Gasteiger partial charge in [-0.3, -0.25) is 9.59 Å². The smallest absolute Gasteiger partial charge is 0.257 e. The summed E-state index contributed by atoms with van der Waals surface area (Å²) in [6, 6.07) is 25.1. The zero-order valence-corrected chi connectivity index (χ0v) is 14.9. The Morgan fingerprint density at radius 1 is 0.815 bits per heavy atom. The first kappa shape index (κ1) is 17.0. The number of amides is 2. The fourth-order valence-electron chi connectivity index (χ4n) is 3.38. The average molecular weight is 356 g/mol. The molecule has 1 fully saturated rings. The minimum atomic E-state index is -0.210. The topological polar surface area (TPSA) is 49.4 Å². The summed E-state index contributed by atoms with van der Waals surface area (Å²) in [5.41, 5.74) is 4.14. The third kappa shape index (κ3) is 3.60. The summed E-state index contributed by atoms with van der Waals surface area (Å²) in [6.45, 7) is 0.662. The van der Waals surface area contributed by atoms with Crippen molar-refractivity contribution >= 4 is 23.2 Å². The molecule has 134 valence electrons. The number of para-hydroxylation sites is 1. The number of carbonyl (C=O) groups is 2. The monoisotopic (exact) mass is 356 g/mol. The molecule has 2 amide bonds. The molecule has 27 heavy (non-hydrogen) atoms. The van der Waals surface area contributed by atoms with Gasteiger partial charge >= 0.3 is 0 Å². The molecular formula is C23H20N2O2. The van der Waals surface area contributed by atoms with Gasteiger partial charge in [0.15, 0.2) is 0 Å². The normalized spacial score (nSPS) is 13.6. The predicted octanol–water partition coefficient (Wildman–Crippen LogP) is 4.73. The largest absolute Gasteiger partial charge is 0.322 e. The van der Waals surface area contributed by atoms with Crippen molar-refractivity contribution in [3.05, 3.63) is 84.4 Å². The van der Waals surface area contributed by atoms with E-state index in [1.807, 2.05) is 60.7 Å². The number of rotatable bonds is 4. The van der Waals surface area contributed by atoms with Crippen LogP contribution in [0.1, 0.15) is 23.2 Å². The van der Waals surface area contributed by atoms with Crippen LogP contribution < -0.4 is 10.2 Å². The molecular weight excluding hydrogens is 336 g/mol. The summed E-state index contributed by atoms with van der Waals surface area (Å²) in [4.78, 5) is 26.6. The van der Waals surface area contributed by atoms with Crippen molar-refractivity contribution in [1.82, 2.24) is 0 Å². The van der Waals surface area contributed by atoms with E-state index in [-0.39, 0.29) is 11.8 Å². The number of nitrogens with zero attached hydrogens (tertiary/aromatic N) is 1. The van der Waals surface area contributed by atoms with Crippen LogP contribution in [0.15, 0.2) is 78.9 Å². The summed E-state index contributed by atoms with van der Waals surface area (Å²) in [6.07, 6.45) is 1.37. The molecule has 4 heteroatoms. The molecule has 0 saturated carbocycles. The summed E-state index contributed by atoms with van der Waals surface area (Å²) in [5, 5.41) is 2.94. The van der Waals surface area contributed by atoms with Gasteiger partial charge in [-0.25, -0.2) is 0 Å². The van der Waals surface area contributed by atoms with Crippen molar-refractivity contribution in [3.63, 3.8) is 0 Å². The summed E-state index contributed by atoms with van der Waals surface area (Å²) in [5.74, 6) is -0.139. The van der Waals surface area contributed by atoms with Crippen LogP contribution in [0, 0.1) is 0 Å². The van der Waals surface area contributed by atoms with E-state index in [0.29, 0.717) is 24.2 Å². The molecule has 0 bridgehead atoms. The first-order valence-electron chi connectivity index (χ1n) is 9.08. The molecule has 0 atom stereocenters. The molecule has 1 aliphatic heterocycles. The van der Waals surface area contributed by atoms with E-state index in [2.05, 4.69) is 17.4 Å². The average Bonchev–Trinajstić information content (AvgIpc) is 3.15. The van der Waals surface area contributed by atoms with Crippen LogP contribution in [0.5, 0.6) is 0 Å². The zero-order chi connectivity index (χ0) is 18.6. The quantitative estimate of drug-likeness (QED) is 0.734. The second kappa shape index (κ2) is 7.46. The van der Waals surface area contributed by atoms with Gasteiger partial charge in [-0.2, -0.15) is 0 Å². The minimum Gasteiger partial charge on any atom is -0.322 e. The number of hydrogen-bond acceptors (Lipinski definition) is 2. The van der Waals surface area contributed by atoms with E-state index >= 15 is 0 Å². The number of nitrogens with one attached hydrogen (secondary N) is 1. The van der Waals surface area contributed by atoms with Gasteiger partial charge in [0.1, 0.15) is 0 Å². The Balaban J connectivity index is 1.54. The Kier molecular flexibility index (Phi) is 4.71. The van der Waals surface area contributed by atoms with Crippen molar-refractivity contribution in [2.24, 2.45) is 0 Å². The maximum absolute atomic E-state index is 12.8. The number of hydrogen-bond donors (Lipinski definition) is 1. The van der Waals surface area contributed by atoms with E-state index in [1.54, 1.807) is 11.0 Å². The third-order valence-corrected chi connectivity index (χ3v) is 4.76. The number of carbonyl (C=O) groups excluding carboxylic acids is 2. The molecule has 1 N–H and O–H groups in total. The highest BCUT2D eigenvalue weighted by molar-refractivity contribution is 6.11. The zero-order valence-electron chi connectivity index (χ0n) is 14.9. The SMILES string of the molecule is O=C(Nc1ccc(-c2ccccc2)cc1)c1ccccc1N1CCCC1=O. The van der Waals surface area contributed by atoms with E-state index in [0.717, 1.165) is 23.2 Å². The Morgan fingerprint density at radius 3 is 2.19 bits per heavy atom. The van der Waals surface area contributed by atoms with Crippen LogP contribution in [0.2, 0.25) is 0 Å². The molecule has 0 aromatic heterocycles. The van der Waals surface area contributed by atoms with Crippen molar-refractivity contribution < 1.29 is 9.59 Å². The third-order valence-electron chi connectivity index (χ3n) is 4.76. The van der Waals surface area contributed by atoms with Crippen LogP contribution in [0.25, 0.3) is 11.1 Å². The molecule has 0 radical (unpaired) electrons. The van der Waals surface area contributed by atoms with E-state index in [1.165, 1.54) is 0 Å². The van der Waals surface area contributed by atoms with E-state index in [4.69, 9.17) is 0 Å². The van der Waals surface area contributed by atoms with Gasteiger partial charge in [-0.1, -0.05) is 54.6 Å². The maximum Gasteiger partial charge on any atom is 0.257 e. The van der Waals surface area contributed by atoms with E-state index < -0.39 is 0 Å². The lowest BCUT2D eigenvalue weighted by molar-refractivity contribution is -0.117. The highest BCUT2D eigenvalue weighted by Crippen LogP contribution is 2.27. The predicted molar refractivity (Wildman–Crippen MR) is 108 cm³/mol.